The van der Waals surface area contributed by atoms with Crippen LogP contribution in [0.15, 0.2) is 48.5 Å². The first kappa shape index (κ1) is 17.5. The number of ether oxygens (including phenoxy) is 1. The maximum atomic E-state index is 12.6. The summed E-state index contributed by atoms with van der Waals surface area (Å²) in [7, 11) is 0. The Bertz CT molecular complexity index is 847. The van der Waals surface area contributed by atoms with Gasteiger partial charge in [0.1, 0.15) is 11.8 Å². The first-order valence-corrected chi connectivity index (χ1v) is 8.19. The van der Waals surface area contributed by atoms with Crippen molar-refractivity contribution in [1.82, 2.24) is 0 Å². The molecule has 0 spiro atoms. The van der Waals surface area contributed by atoms with Crippen molar-refractivity contribution in [2.45, 2.75) is 19.4 Å². The van der Waals surface area contributed by atoms with Crippen LogP contribution in [0.25, 0.3) is 0 Å². The summed E-state index contributed by atoms with van der Waals surface area (Å²) < 4.78 is 5.37. The largest absolute Gasteiger partial charge is 0.494 e. The van der Waals surface area contributed by atoms with Crippen molar-refractivity contribution >= 4 is 29.2 Å². The number of carboxylic acid groups (broad SMARTS) is 1. The van der Waals surface area contributed by atoms with Crippen LogP contribution in [-0.2, 0) is 9.59 Å². The molecule has 1 heterocycles. The molecule has 0 radical (unpaired) electrons. The molecule has 0 aromatic heterocycles. The van der Waals surface area contributed by atoms with Gasteiger partial charge in [0.25, 0.3) is 5.91 Å². The summed E-state index contributed by atoms with van der Waals surface area (Å²) in [5.41, 5.74) is 0.975. The second-order valence-corrected chi connectivity index (χ2v) is 5.78. The van der Waals surface area contributed by atoms with Gasteiger partial charge in [-0.15, -0.1) is 0 Å². The third-order valence-corrected chi connectivity index (χ3v) is 4.00. The van der Waals surface area contributed by atoms with Crippen molar-refractivity contribution in [2.75, 3.05) is 16.8 Å². The molecule has 7 heteroatoms. The zero-order valence-corrected chi connectivity index (χ0v) is 14.1. The van der Waals surface area contributed by atoms with E-state index in [4.69, 9.17) is 9.84 Å². The number of carbonyl (C=O) groups is 3. The molecule has 0 saturated carbocycles. The Labute approximate surface area is 150 Å². The molecule has 1 atom stereocenters. The van der Waals surface area contributed by atoms with Crippen LogP contribution in [0.5, 0.6) is 5.75 Å². The summed E-state index contributed by atoms with van der Waals surface area (Å²) in [6.45, 7) is 2.45. The molecular weight excluding hydrogens is 336 g/mol. The number of nitrogens with zero attached hydrogens (tertiary/aromatic N) is 1. The topological polar surface area (TPSA) is 95.9 Å². The highest BCUT2D eigenvalue weighted by molar-refractivity contribution is 6.23. The van der Waals surface area contributed by atoms with Crippen molar-refractivity contribution in [3.8, 4) is 5.75 Å². The molecule has 1 aliphatic rings. The molecule has 0 unspecified atom stereocenters. The number of carbonyl (C=O) groups excluding carboxylic acids is 2. The van der Waals surface area contributed by atoms with Gasteiger partial charge < -0.3 is 15.2 Å². The summed E-state index contributed by atoms with van der Waals surface area (Å²) >= 11 is 0. The third kappa shape index (κ3) is 3.51. The number of aromatic carboxylic acids is 1. The maximum absolute atomic E-state index is 12.6. The SMILES string of the molecule is CCOc1ccc(N[C@@H]2CC(=O)N(c3cccc(C(=O)O)c3)C2=O)cc1. The molecular formula is C19H18N2O5. The van der Waals surface area contributed by atoms with Gasteiger partial charge in [-0.25, -0.2) is 9.69 Å². The fourth-order valence-corrected chi connectivity index (χ4v) is 2.81. The monoisotopic (exact) mass is 354 g/mol. The van der Waals surface area contributed by atoms with Gasteiger partial charge in [-0.2, -0.15) is 0 Å². The lowest BCUT2D eigenvalue weighted by molar-refractivity contribution is -0.121. The minimum atomic E-state index is -1.12. The predicted molar refractivity (Wildman–Crippen MR) is 95.5 cm³/mol. The Morgan fingerprint density at radius 3 is 2.62 bits per heavy atom. The molecule has 2 N–H and O–H groups in total. The number of benzene rings is 2. The molecule has 134 valence electrons. The van der Waals surface area contributed by atoms with Crippen molar-refractivity contribution in [3.63, 3.8) is 0 Å². The molecule has 7 nitrogen and oxygen atoms in total. The quantitative estimate of drug-likeness (QED) is 0.774. The average Bonchev–Trinajstić information content (AvgIpc) is 2.90. The molecule has 1 fully saturated rings. The van der Waals surface area contributed by atoms with Crippen molar-refractivity contribution in [2.24, 2.45) is 0 Å². The number of imide groups is 1. The van der Waals surface area contributed by atoms with Crippen molar-refractivity contribution in [3.05, 3.63) is 54.1 Å². The average molecular weight is 354 g/mol. The fourth-order valence-electron chi connectivity index (χ4n) is 2.81. The zero-order chi connectivity index (χ0) is 18.7. The molecule has 1 aliphatic heterocycles. The van der Waals surface area contributed by atoms with Crippen molar-refractivity contribution < 1.29 is 24.2 Å². The van der Waals surface area contributed by atoms with E-state index >= 15 is 0 Å². The maximum Gasteiger partial charge on any atom is 0.335 e. The molecule has 26 heavy (non-hydrogen) atoms. The second-order valence-electron chi connectivity index (χ2n) is 5.78. The highest BCUT2D eigenvalue weighted by Gasteiger charge is 2.39. The van der Waals surface area contributed by atoms with Gasteiger partial charge in [0.2, 0.25) is 5.91 Å². The molecule has 0 aliphatic carbocycles. The van der Waals surface area contributed by atoms with E-state index in [9.17, 15) is 14.4 Å². The molecule has 2 aromatic rings. The summed E-state index contributed by atoms with van der Waals surface area (Å²) in [6, 6.07) is 12.2. The third-order valence-electron chi connectivity index (χ3n) is 4.00. The van der Waals surface area contributed by atoms with Gasteiger partial charge in [-0.1, -0.05) is 6.07 Å². The van der Waals surface area contributed by atoms with E-state index in [2.05, 4.69) is 5.32 Å². The number of hydrogen-bond donors (Lipinski definition) is 2. The minimum absolute atomic E-state index is 0.00332. The highest BCUT2D eigenvalue weighted by atomic mass is 16.5. The lowest BCUT2D eigenvalue weighted by Crippen LogP contribution is -2.34. The van der Waals surface area contributed by atoms with Gasteiger partial charge in [0.05, 0.1) is 24.3 Å². The van der Waals surface area contributed by atoms with Crippen LogP contribution in [0.3, 0.4) is 0 Å². The number of nitrogens with one attached hydrogen (secondary N) is 1. The van der Waals surface area contributed by atoms with Gasteiger partial charge >= 0.3 is 5.97 Å². The van der Waals surface area contributed by atoms with E-state index in [1.807, 2.05) is 6.92 Å². The van der Waals surface area contributed by atoms with Crippen LogP contribution in [0.1, 0.15) is 23.7 Å². The molecule has 0 bridgehead atoms. The lowest BCUT2D eigenvalue weighted by Gasteiger charge is -2.16. The van der Waals surface area contributed by atoms with Gasteiger partial charge in [-0.3, -0.25) is 9.59 Å². The Kier molecular flexibility index (Phi) is 4.88. The number of anilines is 2. The standard InChI is InChI=1S/C19H18N2O5/c1-2-26-15-8-6-13(7-9-15)20-16-11-17(22)21(18(16)23)14-5-3-4-12(10-14)19(24)25/h3-10,16,20H,2,11H2,1H3,(H,24,25)/t16-/m1/s1. The molecule has 2 aromatic carbocycles. The summed E-state index contributed by atoms with van der Waals surface area (Å²) in [4.78, 5) is 37.1. The van der Waals surface area contributed by atoms with E-state index in [1.165, 1.54) is 18.2 Å². The molecule has 3 rings (SSSR count). The Balaban J connectivity index is 1.76. The van der Waals surface area contributed by atoms with Crippen LogP contribution in [0.2, 0.25) is 0 Å². The second kappa shape index (κ2) is 7.26. The van der Waals surface area contributed by atoms with Crippen LogP contribution >= 0.6 is 0 Å². The summed E-state index contributed by atoms with van der Waals surface area (Å²) in [5.74, 6) is -1.18. The lowest BCUT2D eigenvalue weighted by atomic mass is 10.2. The number of rotatable bonds is 6. The smallest absolute Gasteiger partial charge is 0.335 e. The normalized spacial score (nSPS) is 16.7. The van der Waals surface area contributed by atoms with E-state index < -0.39 is 17.9 Å². The van der Waals surface area contributed by atoms with Crippen LogP contribution in [0.4, 0.5) is 11.4 Å². The number of hydrogen-bond acceptors (Lipinski definition) is 5. The Morgan fingerprint density at radius 1 is 1.23 bits per heavy atom. The van der Waals surface area contributed by atoms with Crippen LogP contribution in [0, 0.1) is 0 Å². The number of carboxylic acids is 1. The van der Waals surface area contributed by atoms with Gasteiger partial charge in [0.15, 0.2) is 0 Å². The number of amides is 2. The van der Waals surface area contributed by atoms with E-state index in [1.54, 1.807) is 30.3 Å². The van der Waals surface area contributed by atoms with E-state index in [0.29, 0.717) is 12.3 Å². The van der Waals surface area contributed by atoms with Crippen molar-refractivity contribution in [1.29, 1.82) is 0 Å². The highest BCUT2D eigenvalue weighted by Crippen LogP contribution is 2.26. The summed E-state index contributed by atoms with van der Waals surface area (Å²) in [6.07, 6.45) is 0.00332. The first-order chi connectivity index (χ1) is 12.5. The van der Waals surface area contributed by atoms with Gasteiger partial charge in [-0.05, 0) is 49.4 Å². The molecule has 2 amide bonds. The Hall–Kier alpha value is -3.35. The minimum Gasteiger partial charge on any atom is -0.494 e. The fraction of sp³-hybridized carbons (Fsp3) is 0.211. The van der Waals surface area contributed by atoms with Crippen LogP contribution in [-0.4, -0.2) is 35.5 Å². The van der Waals surface area contributed by atoms with E-state index in [0.717, 1.165) is 10.6 Å². The zero-order valence-electron chi connectivity index (χ0n) is 14.1. The first-order valence-electron chi connectivity index (χ1n) is 8.19. The van der Waals surface area contributed by atoms with E-state index in [-0.39, 0.29) is 23.6 Å². The van der Waals surface area contributed by atoms with Crippen LogP contribution < -0.4 is 15.0 Å². The predicted octanol–water partition coefficient (Wildman–Crippen LogP) is 2.53. The van der Waals surface area contributed by atoms with Gasteiger partial charge in [0, 0.05) is 5.69 Å². The summed E-state index contributed by atoms with van der Waals surface area (Å²) in [5, 5.41) is 12.1. The molecule has 1 saturated heterocycles. The Morgan fingerprint density at radius 2 is 1.96 bits per heavy atom.